The van der Waals surface area contributed by atoms with Gasteiger partial charge in [0.25, 0.3) is 0 Å². The van der Waals surface area contributed by atoms with Gasteiger partial charge in [-0.05, 0) is 24.6 Å². The molecule has 1 N–H and O–H groups in total. The van der Waals surface area contributed by atoms with Crippen LogP contribution in [0.15, 0.2) is 89.4 Å². The van der Waals surface area contributed by atoms with Crippen molar-refractivity contribution in [3.05, 3.63) is 106 Å². The van der Waals surface area contributed by atoms with E-state index in [9.17, 15) is 19.5 Å². The van der Waals surface area contributed by atoms with Gasteiger partial charge in [-0.3, -0.25) is 14.4 Å². The van der Waals surface area contributed by atoms with Crippen LogP contribution in [0.3, 0.4) is 0 Å². The zero-order valence-corrected chi connectivity index (χ0v) is 19.2. The van der Waals surface area contributed by atoms with Crippen molar-refractivity contribution in [1.29, 1.82) is 0 Å². The maximum Gasteiger partial charge on any atom is 0.173 e. The summed E-state index contributed by atoms with van der Waals surface area (Å²) in [5, 5.41) is 11.3. The summed E-state index contributed by atoms with van der Waals surface area (Å²) in [6, 6.07) is 24.6. The number of hydrogen-bond donors (Lipinski definition) is 1. The molecule has 5 heteroatoms. The van der Waals surface area contributed by atoms with Crippen molar-refractivity contribution >= 4 is 33.3 Å². The summed E-state index contributed by atoms with van der Waals surface area (Å²) in [6.07, 6.45) is -0.257. The highest BCUT2D eigenvalue weighted by molar-refractivity contribution is 9.10. The molecule has 0 amide bonds. The summed E-state index contributed by atoms with van der Waals surface area (Å²) in [5.74, 6) is -3.77. The van der Waals surface area contributed by atoms with E-state index in [1.54, 1.807) is 66.7 Å². The van der Waals surface area contributed by atoms with Crippen molar-refractivity contribution in [3.8, 4) is 0 Å². The van der Waals surface area contributed by atoms with Crippen LogP contribution in [0.25, 0.3) is 0 Å². The number of hydrogen-bond acceptors (Lipinski definition) is 4. The average Bonchev–Trinajstić information content (AvgIpc) is 2.79. The normalized spacial score (nSPS) is 25.3. The van der Waals surface area contributed by atoms with Crippen LogP contribution in [0, 0.1) is 11.8 Å². The van der Waals surface area contributed by atoms with Crippen molar-refractivity contribution < 1.29 is 19.5 Å². The molecule has 4 rings (SSSR count). The van der Waals surface area contributed by atoms with Crippen molar-refractivity contribution in [2.45, 2.75) is 24.9 Å². The number of carbonyl (C=O) groups excluding carboxylic acids is 3. The molecule has 0 unspecified atom stereocenters. The van der Waals surface area contributed by atoms with Crippen molar-refractivity contribution in [3.63, 3.8) is 0 Å². The minimum absolute atomic E-state index is 0.257. The molecule has 0 bridgehead atoms. The fourth-order valence-electron chi connectivity index (χ4n) is 4.74. The Morgan fingerprint density at radius 2 is 1.34 bits per heavy atom. The third-order valence-electron chi connectivity index (χ3n) is 6.20. The summed E-state index contributed by atoms with van der Waals surface area (Å²) in [7, 11) is 0. The zero-order valence-electron chi connectivity index (χ0n) is 17.6. The van der Waals surface area contributed by atoms with Gasteiger partial charge in [-0.2, -0.15) is 0 Å². The van der Waals surface area contributed by atoms with Crippen LogP contribution in [-0.2, 0) is 4.79 Å². The van der Waals surface area contributed by atoms with E-state index in [0.29, 0.717) is 16.7 Å². The molecular formula is C27H23BrO4. The molecular weight excluding hydrogens is 468 g/mol. The lowest BCUT2D eigenvalue weighted by atomic mass is 9.58. The molecule has 0 radical (unpaired) electrons. The molecule has 1 fully saturated rings. The van der Waals surface area contributed by atoms with E-state index in [0.717, 1.165) is 4.47 Å². The number of carbonyl (C=O) groups is 3. The third-order valence-corrected chi connectivity index (χ3v) is 6.73. The molecule has 4 atom stereocenters. The first-order valence-electron chi connectivity index (χ1n) is 10.5. The molecule has 4 nitrogen and oxygen atoms in total. The van der Waals surface area contributed by atoms with Gasteiger partial charge >= 0.3 is 0 Å². The Morgan fingerprint density at radius 1 is 0.844 bits per heavy atom. The van der Waals surface area contributed by atoms with Gasteiger partial charge in [0.1, 0.15) is 5.78 Å². The predicted molar refractivity (Wildman–Crippen MR) is 126 cm³/mol. The highest BCUT2D eigenvalue weighted by atomic mass is 79.9. The van der Waals surface area contributed by atoms with Crippen LogP contribution in [0.2, 0.25) is 0 Å². The lowest BCUT2D eigenvalue weighted by molar-refractivity contribution is -0.134. The number of halogens is 1. The van der Waals surface area contributed by atoms with Crippen LogP contribution in [-0.4, -0.2) is 28.1 Å². The van der Waals surface area contributed by atoms with Gasteiger partial charge < -0.3 is 5.11 Å². The molecule has 32 heavy (non-hydrogen) atoms. The fraction of sp³-hybridized carbons (Fsp3) is 0.222. The Bertz CT molecular complexity index is 1140. The smallest absolute Gasteiger partial charge is 0.173 e. The highest BCUT2D eigenvalue weighted by Crippen LogP contribution is 2.48. The van der Waals surface area contributed by atoms with E-state index in [1.807, 2.05) is 18.2 Å². The first-order chi connectivity index (χ1) is 15.3. The maximum atomic E-state index is 13.7. The van der Waals surface area contributed by atoms with E-state index < -0.39 is 23.4 Å². The first-order valence-corrected chi connectivity index (χ1v) is 11.3. The Labute approximate surface area is 195 Å². The van der Waals surface area contributed by atoms with Crippen LogP contribution in [0.1, 0.15) is 45.5 Å². The molecule has 0 spiro atoms. The summed E-state index contributed by atoms with van der Waals surface area (Å²) >= 11 is 3.42. The number of rotatable bonds is 5. The molecule has 3 aromatic rings. The van der Waals surface area contributed by atoms with Crippen molar-refractivity contribution in [2.75, 3.05) is 0 Å². The van der Waals surface area contributed by atoms with E-state index in [2.05, 4.69) is 15.9 Å². The van der Waals surface area contributed by atoms with Crippen LogP contribution < -0.4 is 0 Å². The van der Waals surface area contributed by atoms with E-state index in [-0.39, 0.29) is 23.8 Å². The second kappa shape index (κ2) is 8.93. The van der Waals surface area contributed by atoms with E-state index in [4.69, 9.17) is 0 Å². The number of aliphatic hydroxyl groups is 1. The molecule has 3 aromatic carbocycles. The summed E-state index contributed by atoms with van der Waals surface area (Å²) < 4.78 is 0.840. The van der Waals surface area contributed by atoms with Gasteiger partial charge in [0.2, 0.25) is 0 Å². The van der Waals surface area contributed by atoms with Gasteiger partial charge in [-0.25, -0.2) is 0 Å². The molecule has 0 aromatic heterocycles. The van der Waals surface area contributed by atoms with Crippen LogP contribution >= 0.6 is 15.9 Å². The second-order valence-electron chi connectivity index (χ2n) is 8.49. The van der Waals surface area contributed by atoms with Crippen LogP contribution in [0.5, 0.6) is 0 Å². The van der Waals surface area contributed by atoms with Gasteiger partial charge in [-0.15, -0.1) is 0 Å². The summed E-state index contributed by atoms with van der Waals surface area (Å²) in [4.78, 5) is 40.5. The first kappa shape index (κ1) is 22.3. The number of benzene rings is 3. The number of Topliss-reactive ketones (excluding diaryl/α,β-unsaturated/α-hetero) is 3. The molecule has 1 saturated carbocycles. The maximum absolute atomic E-state index is 13.7. The Kier molecular flexibility index (Phi) is 6.22. The van der Waals surface area contributed by atoms with E-state index >= 15 is 0 Å². The topological polar surface area (TPSA) is 71.4 Å². The second-order valence-corrected chi connectivity index (χ2v) is 9.41. The van der Waals surface area contributed by atoms with Crippen molar-refractivity contribution in [1.82, 2.24) is 0 Å². The highest BCUT2D eigenvalue weighted by Gasteiger charge is 2.55. The molecule has 1 aliphatic carbocycles. The monoisotopic (exact) mass is 490 g/mol. The minimum Gasteiger partial charge on any atom is -0.389 e. The van der Waals surface area contributed by atoms with Gasteiger partial charge in [-0.1, -0.05) is 88.7 Å². The Hall–Kier alpha value is -2.89. The standard InChI is InChI=1S/C27H23BrO4/c1-27(32)16-21(29)23(25(30)18-8-4-2-5-9-18)22(17-12-14-20(28)15-13-17)24(27)26(31)19-10-6-3-7-11-19/h2-15,22-24,32H,16H2,1H3/t22-,23+,24-,27+/m1/s1. The lowest BCUT2D eigenvalue weighted by Gasteiger charge is -2.45. The zero-order chi connectivity index (χ0) is 22.9. The van der Waals surface area contributed by atoms with Crippen molar-refractivity contribution in [2.24, 2.45) is 11.8 Å². The van der Waals surface area contributed by atoms with E-state index in [1.165, 1.54) is 6.92 Å². The van der Waals surface area contributed by atoms with Gasteiger partial charge in [0.05, 0.1) is 17.4 Å². The minimum atomic E-state index is -1.59. The summed E-state index contributed by atoms with van der Waals surface area (Å²) in [5.41, 5.74) is -0.0551. The molecule has 0 saturated heterocycles. The number of ketones is 3. The average molecular weight is 491 g/mol. The lowest BCUT2D eigenvalue weighted by Crippen LogP contribution is -2.54. The quantitative estimate of drug-likeness (QED) is 0.391. The molecule has 0 aliphatic heterocycles. The fourth-order valence-corrected chi connectivity index (χ4v) is 5.01. The molecule has 0 heterocycles. The van der Waals surface area contributed by atoms with Gasteiger partial charge in [0.15, 0.2) is 11.6 Å². The Balaban J connectivity index is 1.89. The van der Waals surface area contributed by atoms with Gasteiger partial charge in [0, 0.05) is 27.9 Å². The SMILES string of the molecule is C[C@]1(O)CC(=O)[C@H](C(=O)c2ccccc2)[C@@H](c2ccc(Br)cc2)[C@@H]1C(=O)c1ccccc1. The third kappa shape index (κ3) is 4.23. The summed E-state index contributed by atoms with van der Waals surface area (Å²) in [6.45, 7) is 1.52. The Morgan fingerprint density at radius 3 is 1.88 bits per heavy atom. The van der Waals surface area contributed by atoms with Crippen LogP contribution in [0.4, 0.5) is 0 Å². The predicted octanol–water partition coefficient (Wildman–Crippen LogP) is 5.25. The largest absolute Gasteiger partial charge is 0.389 e. The molecule has 1 aliphatic rings. The molecule has 162 valence electrons.